The number of fused-ring (bicyclic) bond motifs is 1. The first-order valence-electron chi connectivity index (χ1n) is 6.95. The second-order valence-electron chi connectivity index (χ2n) is 5.55. The van der Waals surface area contributed by atoms with Gasteiger partial charge in [-0.15, -0.1) is 11.3 Å². The van der Waals surface area contributed by atoms with Crippen LogP contribution in [-0.2, 0) is 0 Å². The molecule has 1 aromatic heterocycles. The maximum absolute atomic E-state index is 12.7. The Labute approximate surface area is 126 Å². The second-order valence-corrected chi connectivity index (χ2v) is 7.32. The third-order valence-electron chi connectivity index (χ3n) is 4.26. The molecule has 2 unspecified atom stereocenters. The van der Waals surface area contributed by atoms with E-state index >= 15 is 0 Å². The number of thiophene rings is 1. The van der Waals surface area contributed by atoms with Crippen molar-refractivity contribution in [1.29, 1.82) is 0 Å². The summed E-state index contributed by atoms with van der Waals surface area (Å²) in [6.45, 7) is 5.30. The van der Waals surface area contributed by atoms with Gasteiger partial charge in [-0.25, -0.2) is 0 Å². The zero-order chi connectivity index (χ0) is 13.4. The predicted octanol–water partition coefficient (Wildman–Crippen LogP) is 3.21. The average Bonchev–Trinajstić information content (AvgIpc) is 2.83. The molecule has 0 aromatic carbocycles. The predicted molar refractivity (Wildman–Crippen MR) is 81.7 cm³/mol. The number of piperazine rings is 1. The minimum Gasteiger partial charge on any atom is -0.332 e. The summed E-state index contributed by atoms with van der Waals surface area (Å²) in [5.41, 5.74) is 0. The van der Waals surface area contributed by atoms with E-state index in [-0.39, 0.29) is 5.91 Å². The van der Waals surface area contributed by atoms with Crippen molar-refractivity contribution in [3.05, 3.63) is 20.8 Å². The van der Waals surface area contributed by atoms with Gasteiger partial charge >= 0.3 is 0 Å². The lowest BCUT2D eigenvalue weighted by atomic mass is 9.97. The molecular weight excluding hydrogens is 324 g/mol. The fourth-order valence-corrected chi connectivity index (χ4v) is 4.71. The fraction of sp³-hybridized carbons (Fsp3) is 0.643. The van der Waals surface area contributed by atoms with E-state index in [9.17, 15) is 4.79 Å². The standard InChI is InChI=1S/C14H19BrN2OS/c1-10-8-16-6-3-2-4-11(16)9-17(10)14(18)13-12(15)5-7-19-13/h5,7,10-11H,2-4,6,8-9H2,1H3. The van der Waals surface area contributed by atoms with Crippen LogP contribution in [0.4, 0.5) is 0 Å². The van der Waals surface area contributed by atoms with E-state index in [0.717, 1.165) is 22.4 Å². The zero-order valence-electron chi connectivity index (χ0n) is 11.1. The van der Waals surface area contributed by atoms with E-state index in [1.54, 1.807) is 0 Å². The summed E-state index contributed by atoms with van der Waals surface area (Å²) in [4.78, 5) is 18.1. The number of amides is 1. The summed E-state index contributed by atoms with van der Waals surface area (Å²) in [7, 11) is 0. The monoisotopic (exact) mass is 342 g/mol. The molecule has 3 heterocycles. The Kier molecular flexibility index (Phi) is 3.96. The molecule has 0 spiro atoms. The normalized spacial score (nSPS) is 28.2. The van der Waals surface area contributed by atoms with Crippen molar-refractivity contribution < 1.29 is 4.79 Å². The van der Waals surface area contributed by atoms with Gasteiger partial charge < -0.3 is 4.90 Å². The van der Waals surface area contributed by atoms with Crippen molar-refractivity contribution in [3.8, 4) is 0 Å². The lowest BCUT2D eigenvalue weighted by Crippen LogP contribution is -2.60. The van der Waals surface area contributed by atoms with Gasteiger partial charge in [0.25, 0.3) is 5.91 Å². The van der Waals surface area contributed by atoms with Crippen molar-refractivity contribution in [2.24, 2.45) is 0 Å². The van der Waals surface area contributed by atoms with Crippen molar-refractivity contribution in [2.45, 2.75) is 38.3 Å². The van der Waals surface area contributed by atoms with Crippen LogP contribution in [-0.4, -0.2) is 47.4 Å². The summed E-state index contributed by atoms with van der Waals surface area (Å²) in [5.74, 6) is 0.194. The molecule has 104 valence electrons. The molecule has 0 N–H and O–H groups in total. The summed E-state index contributed by atoms with van der Waals surface area (Å²) >= 11 is 5.01. The van der Waals surface area contributed by atoms with Crippen molar-refractivity contribution in [2.75, 3.05) is 19.6 Å². The third-order valence-corrected chi connectivity index (χ3v) is 6.09. The third kappa shape index (κ3) is 2.60. The van der Waals surface area contributed by atoms with Crippen LogP contribution in [0.1, 0.15) is 35.9 Å². The van der Waals surface area contributed by atoms with Crippen LogP contribution < -0.4 is 0 Å². The highest BCUT2D eigenvalue weighted by atomic mass is 79.9. The summed E-state index contributed by atoms with van der Waals surface area (Å²) < 4.78 is 0.931. The fourth-order valence-electron chi connectivity index (χ4n) is 3.21. The minimum atomic E-state index is 0.194. The molecule has 3 nitrogen and oxygen atoms in total. The zero-order valence-corrected chi connectivity index (χ0v) is 13.5. The van der Waals surface area contributed by atoms with E-state index in [4.69, 9.17) is 0 Å². The summed E-state index contributed by atoms with van der Waals surface area (Å²) in [6.07, 6.45) is 3.86. The number of rotatable bonds is 1. The molecule has 0 radical (unpaired) electrons. The van der Waals surface area contributed by atoms with Crippen LogP contribution >= 0.6 is 27.3 Å². The quantitative estimate of drug-likeness (QED) is 0.782. The van der Waals surface area contributed by atoms with Crippen LogP contribution in [0.15, 0.2) is 15.9 Å². The smallest absolute Gasteiger partial charge is 0.265 e. The molecule has 2 atom stereocenters. The number of carbonyl (C=O) groups excluding carboxylic acids is 1. The highest BCUT2D eigenvalue weighted by molar-refractivity contribution is 9.10. The molecule has 2 aliphatic rings. The molecule has 0 saturated carbocycles. The van der Waals surface area contributed by atoms with E-state index in [1.807, 2.05) is 11.4 Å². The average molecular weight is 343 g/mol. The van der Waals surface area contributed by atoms with Crippen LogP contribution in [0.3, 0.4) is 0 Å². The lowest BCUT2D eigenvalue weighted by molar-refractivity contribution is 0.0154. The molecular formula is C14H19BrN2OS. The van der Waals surface area contributed by atoms with Gasteiger partial charge in [-0.05, 0) is 53.7 Å². The van der Waals surface area contributed by atoms with Crippen molar-refractivity contribution in [3.63, 3.8) is 0 Å². The molecule has 19 heavy (non-hydrogen) atoms. The van der Waals surface area contributed by atoms with Crippen LogP contribution in [0.2, 0.25) is 0 Å². The second kappa shape index (κ2) is 5.54. The van der Waals surface area contributed by atoms with Crippen LogP contribution in [0, 0.1) is 0 Å². The number of hydrogen-bond acceptors (Lipinski definition) is 3. The minimum absolute atomic E-state index is 0.194. The van der Waals surface area contributed by atoms with Gasteiger partial charge in [-0.2, -0.15) is 0 Å². The van der Waals surface area contributed by atoms with Gasteiger partial charge in [0.15, 0.2) is 0 Å². The lowest BCUT2D eigenvalue weighted by Gasteiger charge is -2.47. The first kappa shape index (κ1) is 13.6. The van der Waals surface area contributed by atoms with E-state index < -0.39 is 0 Å². The molecule has 0 bridgehead atoms. The Morgan fingerprint density at radius 1 is 1.42 bits per heavy atom. The van der Waals surface area contributed by atoms with Crippen LogP contribution in [0.25, 0.3) is 0 Å². The Morgan fingerprint density at radius 3 is 3.00 bits per heavy atom. The van der Waals surface area contributed by atoms with Crippen molar-refractivity contribution >= 4 is 33.2 Å². The number of halogens is 1. The van der Waals surface area contributed by atoms with Crippen molar-refractivity contribution in [1.82, 2.24) is 9.80 Å². The summed E-state index contributed by atoms with van der Waals surface area (Å²) in [6, 6.07) is 2.85. The molecule has 2 fully saturated rings. The molecule has 5 heteroatoms. The first-order chi connectivity index (χ1) is 9.16. The van der Waals surface area contributed by atoms with E-state index in [1.165, 1.54) is 37.1 Å². The molecule has 2 aliphatic heterocycles. The number of piperidine rings is 1. The molecule has 1 aromatic rings. The Balaban J connectivity index is 1.77. The molecule has 0 aliphatic carbocycles. The highest BCUT2D eigenvalue weighted by Gasteiger charge is 2.36. The van der Waals surface area contributed by atoms with Gasteiger partial charge in [0.2, 0.25) is 0 Å². The number of hydrogen-bond donors (Lipinski definition) is 0. The van der Waals surface area contributed by atoms with Gasteiger partial charge in [0.1, 0.15) is 4.88 Å². The molecule has 2 saturated heterocycles. The highest BCUT2D eigenvalue weighted by Crippen LogP contribution is 2.29. The van der Waals surface area contributed by atoms with Gasteiger partial charge in [-0.1, -0.05) is 6.42 Å². The maximum Gasteiger partial charge on any atom is 0.265 e. The Morgan fingerprint density at radius 2 is 2.26 bits per heavy atom. The topological polar surface area (TPSA) is 23.6 Å². The number of nitrogens with zero attached hydrogens (tertiary/aromatic N) is 2. The van der Waals surface area contributed by atoms with Gasteiger partial charge in [-0.3, -0.25) is 9.69 Å². The number of carbonyl (C=O) groups is 1. The van der Waals surface area contributed by atoms with Gasteiger partial charge in [0, 0.05) is 29.6 Å². The maximum atomic E-state index is 12.7. The van der Waals surface area contributed by atoms with Crippen LogP contribution in [0.5, 0.6) is 0 Å². The van der Waals surface area contributed by atoms with Gasteiger partial charge in [0.05, 0.1) is 0 Å². The SMILES string of the molecule is CC1CN2CCCCC2CN1C(=O)c1sccc1Br. The van der Waals surface area contributed by atoms with E-state index in [0.29, 0.717) is 12.1 Å². The largest absolute Gasteiger partial charge is 0.332 e. The Bertz CT molecular complexity index is 476. The Hall–Kier alpha value is -0.390. The van der Waals surface area contributed by atoms with E-state index in [2.05, 4.69) is 32.7 Å². The molecule has 1 amide bonds. The first-order valence-corrected chi connectivity index (χ1v) is 8.62. The summed E-state index contributed by atoms with van der Waals surface area (Å²) in [5, 5.41) is 1.97. The molecule has 3 rings (SSSR count).